The first kappa shape index (κ1) is 57.4. The lowest BCUT2D eigenvalue weighted by Gasteiger charge is -2.24. The number of esters is 1. The maximum absolute atomic E-state index is 12.8. The molecule has 1 rings (SSSR count). The van der Waals surface area contributed by atoms with E-state index in [0.717, 1.165) is 70.5 Å². The van der Waals surface area contributed by atoms with E-state index < -0.39 is 0 Å². The minimum absolute atomic E-state index is 0.0121. The number of nitrogens with one attached hydrogen (secondary N) is 1. The van der Waals surface area contributed by atoms with Gasteiger partial charge >= 0.3 is 5.97 Å². The molecule has 1 fully saturated rings. The van der Waals surface area contributed by atoms with Gasteiger partial charge in [0.05, 0.1) is 30.5 Å². The quantitative estimate of drug-likeness (QED) is 0.0373. The number of unbranched alkanes of at least 4 members (excludes halogenated alkanes) is 20. The van der Waals surface area contributed by atoms with Crippen LogP contribution in [0, 0.1) is 11.3 Å². The molecule has 360 valence electrons. The lowest BCUT2D eigenvalue weighted by atomic mass is 9.89. The summed E-state index contributed by atoms with van der Waals surface area (Å²) in [5.74, 6) is 1.85. The normalized spacial score (nSPS) is 15.3. The molecule has 1 aliphatic rings. The monoisotopic (exact) mass is 861 g/mol. The van der Waals surface area contributed by atoms with Crippen LogP contribution in [0.4, 0.5) is 0 Å². The third-order valence-electron chi connectivity index (χ3n) is 13.3. The second-order valence-electron chi connectivity index (χ2n) is 19.4. The van der Waals surface area contributed by atoms with E-state index in [1.54, 1.807) is 0 Å². The van der Waals surface area contributed by atoms with Crippen LogP contribution in [-0.4, -0.2) is 68.9 Å². The Morgan fingerprint density at radius 1 is 0.607 bits per heavy atom. The Balaban J connectivity index is 2.39. The van der Waals surface area contributed by atoms with E-state index in [1.165, 1.54) is 180 Å². The zero-order valence-electron chi connectivity index (χ0n) is 41.5. The first-order valence-electron chi connectivity index (χ1n) is 26.9. The predicted octanol–water partition coefficient (Wildman–Crippen LogP) is 15.2. The Bertz CT molecular complexity index is 989. The van der Waals surface area contributed by atoms with Gasteiger partial charge in [0.15, 0.2) is 0 Å². The van der Waals surface area contributed by atoms with Gasteiger partial charge in [-0.3, -0.25) is 9.59 Å². The average Bonchev–Trinajstić information content (AvgIpc) is 3.71. The first-order chi connectivity index (χ1) is 29.8. The van der Waals surface area contributed by atoms with Crippen LogP contribution in [0.25, 0.3) is 0 Å². The van der Waals surface area contributed by atoms with Gasteiger partial charge in [0.2, 0.25) is 5.91 Å². The zero-order valence-corrected chi connectivity index (χ0v) is 41.5. The van der Waals surface area contributed by atoms with Crippen LogP contribution in [-0.2, 0) is 23.8 Å². The Morgan fingerprint density at radius 2 is 1.10 bits per heavy atom. The molecule has 0 spiro atoms. The molecule has 0 saturated carbocycles. The van der Waals surface area contributed by atoms with E-state index in [-0.39, 0.29) is 17.3 Å². The molecule has 1 atom stereocenters. The van der Waals surface area contributed by atoms with Crippen LogP contribution in [0.1, 0.15) is 259 Å². The maximum atomic E-state index is 12.8. The predicted molar refractivity (Wildman–Crippen MR) is 261 cm³/mol. The number of amides is 1. The number of nitrogens with zero attached hydrogens (tertiary/aromatic N) is 1. The Kier molecular flexibility index (Phi) is 38.7. The number of hydrogen-bond donors (Lipinski definition) is 1. The molecule has 1 aliphatic heterocycles. The van der Waals surface area contributed by atoms with Crippen LogP contribution < -0.4 is 5.32 Å². The van der Waals surface area contributed by atoms with Crippen molar-refractivity contribution < 1.29 is 23.8 Å². The molecule has 1 N–H and O–H groups in total. The number of hydrogen-bond acceptors (Lipinski definition) is 6. The van der Waals surface area contributed by atoms with Crippen LogP contribution in [0.15, 0.2) is 12.3 Å². The second-order valence-corrected chi connectivity index (χ2v) is 19.4. The highest BCUT2D eigenvalue weighted by Crippen LogP contribution is 2.28. The summed E-state index contributed by atoms with van der Waals surface area (Å²) < 4.78 is 17.7. The molecule has 0 aliphatic carbocycles. The van der Waals surface area contributed by atoms with E-state index in [4.69, 9.17) is 14.2 Å². The molecule has 1 saturated heterocycles. The lowest BCUT2D eigenvalue weighted by molar-refractivity contribution is -0.144. The van der Waals surface area contributed by atoms with Gasteiger partial charge in [0.25, 0.3) is 0 Å². The van der Waals surface area contributed by atoms with Gasteiger partial charge in [-0.05, 0) is 103 Å². The topological polar surface area (TPSA) is 77.1 Å². The molecule has 0 bridgehead atoms. The summed E-state index contributed by atoms with van der Waals surface area (Å²) in [6.45, 7) is 21.3. The summed E-state index contributed by atoms with van der Waals surface area (Å²) in [6.07, 6.45) is 42.5. The van der Waals surface area contributed by atoms with Gasteiger partial charge < -0.3 is 24.4 Å². The van der Waals surface area contributed by atoms with Crippen molar-refractivity contribution in [3.8, 4) is 0 Å². The fraction of sp³-hybridized carbons (Fsp3) is 0.926. The number of allylic oxidation sites excluding steroid dienone is 1. The third-order valence-corrected chi connectivity index (χ3v) is 13.3. The van der Waals surface area contributed by atoms with E-state index in [0.29, 0.717) is 38.3 Å². The molecule has 7 nitrogen and oxygen atoms in total. The molecule has 0 aromatic carbocycles. The van der Waals surface area contributed by atoms with E-state index in [1.807, 2.05) is 6.92 Å². The van der Waals surface area contributed by atoms with Crippen molar-refractivity contribution in [2.75, 3.05) is 46.0 Å². The number of rotatable bonds is 46. The van der Waals surface area contributed by atoms with Gasteiger partial charge in [-0.25, -0.2) is 0 Å². The summed E-state index contributed by atoms with van der Waals surface area (Å²) >= 11 is 0. The minimum Gasteiger partial charge on any atom is -0.495 e. The zero-order chi connectivity index (χ0) is 44.5. The van der Waals surface area contributed by atoms with Crippen molar-refractivity contribution in [1.82, 2.24) is 10.2 Å². The summed E-state index contributed by atoms with van der Waals surface area (Å²) in [6, 6.07) is 0. The van der Waals surface area contributed by atoms with Crippen LogP contribution >= 0.6 is 0 Å². The van der Waals surface area contributed by atoms with Gasteiger partial charge in [-0.2, -0.15) is 0 Å². The van der Waals surface area contributed by atoms with Gasteiger partial charge in [0.1, 0.15) is 0 Å². The number of carbonyl (C=O) groups is 2. The Morgan fingerprint density at radius 3 is 1.64 bits per heavy atom. The molecule has 0 radical (unpaired) electrons. The van der Waals surface area contributed by atoms with Gasteiger partial charge in [0, 0.05) is 26.0 Å². The SMILES string of the molecule is C=C(CCCCCCCN(CCCCCCCC(=O)OCCC(CCCC)CCCC)CCCNC(=O)C1(C)CCOC1)OC(CCCCCCCC)CCCCCCCC. The first-order valence-corrected chi connectivity index (χ1v) is 26.9. The molecule has 61 heavy (non-hydrogen) atoms. The molecule has 7 heteroatoms. The highest BCUT2D eigenvalue weighted by atomic mass is 16.5. The van der Waals surface area contributed by atoms with Crippen LogP contribution in [0.2, 0.25) is 0 Å². The highest BCUT2D eigenvalue weighted by Gasteiger charge is 2.37. The van der Waals surface area contributed by atoms with Gasteiger partial charge in [-0.1, -0.05) is 176 Å². The molecule has 0 aromatic heterocycles. The van der Waals surface area contributed by atoms with Crippen molar-refractivity contribution >= 4 is 11.9 Å². The van der Waals surface area contributed by atoms with Crippen LogP contribution in [0.3, 0.4) is 0 Å². The Hall–Kier alpha value is -1.60. The summed E-state index contributed by atoms with van der Waals surface area (Å²) in [4.78, 5) is 27.8. The molecule has 0 aromatic rings. The fourth-order valence-corrected chi connectivity index (χ4v) is 8.91. The van der Waals surface area contributed by atoms with Crippen LogP contribution in [0.5, 0.6) is 0 Å². The smallest absolute Gasteiger partial charge is 0.305 e. The molecule has 1 heterocycles. The van der Waals surface area contributed by atoms with Crippen molar-refractivity contribution in [1.29, 1.82) is 0 Å². The largest absolute Gasteiger partial charge is 0.495 e. The van der Waals surface area contributed by atoms with Crippen molar-refractivity contribution in [3.63, 3.8) is 0 Å². The fourth-order valence-electron chi connectivity index (χ4n) is 8.91. The second kappa shape index (κ2) is 41.1. The van der Waals surface area contributed by atoms with E-state index >= 15 is 0 Å². The summed E-state index contributed by atoms with van der Waals surface area (Å²) in [7, 11) is 0. The van der Waals surface area contributed by atoms with Crippen molar-refractivity contribution in [3.05, 3.63) is 12.3 Å². The molecule has 1 amide bonds. The number of ether oxygens (including phenoxy) is 3. The van der Waals surface area contributed by atoms with E-state index in [2.05, 4.69) is 44.5 Å². The molecule has 1 unspecified atom stereocenters. The highest BCUT2D eigenvalue weighted by molar-refractivity contribution is 5.82. The average molecular weight is 861 g/mol. The van der Waals surface area contributed by atoms with Crippen molar-refractivity contribution in [2.24, 2.45) is 11.3 Å². The molecular weight excluding hydrogens is 757 g/mol. The molecular formula is C54H104N2O5. The summed E-state index contributed by atoms with van der Waals surface area (Å²) in [5, 5.41) is 3.20. The minimum atomic E-state index is -0.372. The maximum Gasteiger partial charge on any atom is 0.305 e. The summed E-state index contributed by atoms with van der Waals surface area (Å²) in [5.41, 5.74) is -0.372. The lowest BCUT2D eigenvalue weighted by Crippen LogP contribution is -2.40. The Labute approximate surface area is 379 Å². The van der Waals surface area contributed by atoms with Crippen molar-refractivity contribution in [2.45, 2.75) is 265 Å². The third kappa shape index (κ3) is 33.6. The standard InChI is InChI=1S/C54H104N2O5/c1-7-11-15-17-22-28-37-51(38-29-23-18-16-12-8-2)61-49(5)34-27-21-19-25-31-43-56(45-33-42-55-53(58)54(6)41-47-59-48-54)44-32-26-20-24-30-39-52(57)60-46-40-50(35-13-9-3)36-14-10-4/h50-51H,5,7-48H2,1-4,6H3,(H,55,58). The van der Waals surface area contributed by atoms with E-state index in [9.17, 15) is 9.59 Å². The number of carbonyl (C=O) groups excluding carboxylic acids is 2. The van der Waals surface area contributed by atoms with Gasteiger partial charge in [-0.15, -0.1) is 0 Å².